The minimum Gasteiger partial charge on any atom is -0.0863 e. The van der Waals surface area contributed by atoms with Crippen molar-refractivity contribution >= 4 is 15.9 Å². The molecule has 2 rings (SSSR count). The molecule has 0 heterocycles. The average Bonchev–Trinajstić information content (AvgIpc) is 2.05. The molecule has 1 aliphatic rings. The summed E-state index contributed by atoms with van der Waals surface area (Å²) in [6.07, 6.45) is 2.49. The average molecular weight is 221 g/mol. The summed E-state index contributed by atoms with van der Waals surface area (Å²) in [7, 11) is 0. The van der Waals surface area contributed by atoms with Gasteiger partial charge in [-0.25, -0.2) is 0 Å². The van der Waals surface area contributed by atoms with Gasteiger partial charge in [0, 0.05) is 5.56 Å². The molecule has 0 saturated carbocycles. The summed E-state index contributed by atoms with van der Waals surface area (Å²) < 4.78 is 0. The Kier molecular flexibility index (Phi) is 2.19. The number of aryl methyl sites for hydroxylation is 2. The molecule has 60 valence electrons. The Morgan fingerprint density at radius 1 is 1.25 bits per heavy atom. The Hall–Kier alpha value is -0.740. The van der Waals surface area contributed by atoms with Crippen molar-refractivity contribution in [3.8, 4) is 11.8 Å². The molecule has 1 heteroatoms. The highest BCUT2D eigenvalue weighted by Crippen LogP contribution is 2.23. The maximum Gasteiger partial charge on any atom is 0.0649 e. The summed E-state index contributed by atoms with van der Waals surface area (Å²) in [6, 6.07) is 6.50. The lowest BCUT2D eigenvalue weighted by Gasteiger charge is -2.17. The molecule has 0 saturated heterocycles. The van der Waals surface area contributed by atoms with Gasteiger partial charge in [-0.2, -0.15) is 0 Å². The molecule has 0 radical (unpaired) electrons. The third-order valence-electron chi connectivity index (χ3n) is 2.17. The second kappa shape index (κ2) is 3.33. The third kappa shape index (κ3) is 1.40. The molecular formula is C11H9Br. The van der Waals surface area contributed by atoms with E-state index in [1.165, 1.54) is 24.0 Å². The number of fused-ring (bicyclic) bond motifs is 1. The number of hydrogen-bond acceptors (Lipinski definition) is 0. The van der Waals surface area contributed by atoms with Crippen molar-refractivity contribution in [2.24, 2.45) is 0 Å². The van der Waals surface area contributed by atoms with Gasteiger partial charge >= 0.3 is 0 Å². The molecular weight excluding hydrogens is 212 g/mol. The van der Waals surface area contributed by atoms with Crippen LogP contribution < -0.4 is 0 Å². The zero-order valence-electron chi connectivity index (χ0n) is 6.73. The van der Waals surface area contributed by atoms with E-state index in [0.717, 1.165) is 10.9 Å². The first-order valence-electron chi connectivity index (χ1n) is 4.07. The molecule has 1 aromatic rings. The smallest absolute Gasteiger partial charge is 0.0649 e. The van der Waals surface area contributed by atoms with Gasteiger partial charge in [0.05, 0.1) is 5.33 Å². The van der Waals surface area contributed by atoms with Crippen molar-refractivity contribution in [2.75, 3.05) is 5.33 Å². The van der Waals surface area contributed by atoms with E-state index in [1.54, 1.807) is 0 Å². The van der Waals surface area contributed by atoms with Gasteiger partial charge in [0.2, 0.25) is 0 Å². The first-order chi connectivity index (χ1) is 5.90. The highest BCUT2D eigenvalue weighted by atomic mass is 79.9. The number of alkyl halides is 1. The molecule has 0 atom stereocenters. The predicted molar refractivity (Wildman–Crippen MR) is 54.5 cm³/mol. The zero-order valence-corrected chi connectivity index (χ0v) is 8.32. The summed E-state index contributed by atoms with van der Waals surface area (Å²) >= 11 is 3.28. The van der Waals surface area contributed by atoms with Crippen LogP contribution in [0.15, 0.2) is 18.2 Å². The molecule has 0 bridgehead atoms. The Labute approximate surface area is 81.1 Å². The lowest BCUT2D eigenvalue weighted by Crippen LogP contribution is -2.07. The third-order valence-corrected chi connectivity index (χ3v) is 2.45. The molecule has 0 N–H and O–H groups in total. The van der Waals surface area contributed by atoms with Crippen LogP contribution in [-0.2, 0) is 12.8 Å². The monoisotopic (exact) mass is 220 g/mol. The normalized spacial score (nSPS) is 12.4. The lowest BCUT2D eigenvalue weighted by atomic mass is 9.87. The summed E-state index contributed by atoms with van der Waals surface area (Å²) in [4.78, 5) is 0. The van der Waals surface area contributed by atoms with Crippen LogP contribution >= 0.6 is 15.9 Å². The lowest BCUT2D eigenvalue weighted by molar-refractivity contribution is 0.838. The van der Waals surface area contributed by atoms with E-state index in [0.29, 0.717) is 0 Å². The molecule has 1 aliphatic carbocycles. The minimum atomic E-state index is 0.754. The van der Waals surface area contributed by atoms with Crippen molar-refractivity contribution in [3.63, 3.8) is 0 Å². The first kappa shape index (κ1) is 7.89. The maximum atomic E-state index is 3.28. The highest BCUT2D eigenvalue weighted by Gasteiger charge is 2.11. The maximum absolute atomic E-state index is 3.28. The van der Waals surface area contributed by atoms with Gasteiger partial charge in [-0.05, 0) is 36.1 Å². The number of hydrogen-bond donors (Lipinski definition) is 0. The van der Waals surface area contributed by atoms with Crippen LogP contribution in [0.2, 0.25) is 0 Å². The van der Waals surface area contributed by atoms with Gasteiger partial charge < -0.3 is 0 Å². The van der Waals surface area contributed by atoms with Gasteiger partial charge in [-0.1, -0.05) is 33.8 Å². The van der Waals surface area contributed by atoms with E-state index in [-0.39, 0.29) is 0 Å². The van der Waals surface area contributed by atoms with Crippen LogP contribution in [0.5, 0.6) is 0 Å². The molecule has 0 amide bonds. The molecule has 0 unspecified atom stereocenters. The van der Waals surface area contributed by atoms with Crippen LogP contribution in [0.4, 0.5) is 0 Å². The van der Waals surface area contributed by atoms with Crippen LogP contribution in [-0.4, -0.2) is 5.33 Å². The Morgan fingerprint density at radius 3 is 2.67 bits per heavy atom. The van der Waals surface area contributed by atoms with Crippen LogP contribution in [0.1, 0.15) is 16.7 Å². The van der Waals surface area contributed by atoms with Crippen molar-refractivity contribution in [1.82, 2.24) is 0 Å². The summed E-state index contributed by atoms with van der Waals surface area (Å²) in [5.74, 6) is 6.10. The van der Waals surface area contributed by atoms with Crippen LogP contribution in [0.25, 0.3) is 0 Å². The fourth-order valence-electron chi connectivity index (χ4n) is 1.41. The van der Waals surface area contributed by atoms with Crippen molar-refractivity contribution in [2.45, 2.75) is 12.8 Å². The van der Waals surface area contributed by atoms with Crippen LogP contribution in [0.3, 0.4) is 0 Å². The number of benzene rings is 1. The second-order valence-electron chi connectivity index (χ2n) is 2.92. The topological polar surface area (TPSA) is 0 Å². The number of halogens is 1. The second-order valence-corrected chi connectivity index (χ2v) is 3.48. The number of rotatable bonds is 0. The summed E-state index contributed by atoms with van der Waals surface area (Å²) in [5.41, 5.74) is 4.13. The Balaban J connectivity index is 2.29. The molecule has 0 nitrogen and oxygen atoms in total. The molecule has 12 heavy (non-hydrogen) atoms. The van der Waals surface area contributed by atoms with E-state index in [4.69, 9.17) is 0 Å². The van der Waals surface area contributed by atoms with Gasteiger partial charge in [-0.15, -0.1) is 0 Å². The van der Waals surface area contributed by atoms with Gasteiger partial charge in [0.15, 0.2) is 0 Å². The van der Waals surface area contributed by atoms with Gasteiger partial charge in [-0.3, -0.25) is 0 Å². The largest absolute Gasteiger partial charge is 0.0863 e. The van der Waals surface area contributed by atoms with Crippen molar-refractivity contribution in [1.29, 1.82) is 0 Å². The van der Waals surface area contributed by atoms with Crippen molar-refractivity contribution in [3.05, 3.63) is 34.9 Å². The molecule has 0 spiro atoms. The van der Waals surface area contributed by atoms with Crippen LogP contribution in [0, 0.1) is 11.8 Å². The fraction of sp³-hybridized carbons (Fsp3) is 0.273. The summed E-state index contributed by atoms with van der Waals surface area (Å²) in [5, 5.41) is 0.754. The quantitative estimate of drug-likeness (QED) is 0.466. The molecule has 0 fully saturated rings. The predicted octanol–water partition coefficient (Wildman–Crippen LogP) is 2.53. The van der Waals surface area contributed by atoms with Gasteiger partial charge in [0.25, 0.3) is 0 Å². The SMILES string of the molecule is BrCC#Cc1ccc2c(c1)CC2. The van der Waals surface area contributed by atoms with E-state index in [9.17, 15) is 0 Å². The van der Waals surface area contributed by atoms with Crippen molar-refractivity contribution < 1.29 is 0 Å². The minimum absolute atomic E-state index is 0.754. The standard InChI is InChI=1S/C11H9Br/c12-7-1-2-9-3-4-10-5-6-11(10)8-9/h3-4,8H,5-7H2. The highest BCUT2D eigenvalue weighted by molar-refractivity contribution is 9.09. The fourth-order valence-corrected chi connectivity index (χ4v) is 1.55. The Bertz CT molecular complexity index is 355. The Morgan fingerprint density at radius 2 is 2.08 bits per heavy atom. The molecule has 1 aromatic carbocycles. The summed E-state index contributed by atoms with van der Waals surface area (Å²) in [6.45, 7) is 0. The molecule has 0 aromatic heterocycles. The zero-order chi connectivity index (χ0) is 8.39. The first-order valence-corrected chi connectivity index (χ1v) is 5.19. The van der Waals surface area contributed by atoms with E-state index < -0.39 is 0 Å². The van der Waals surface area contributed by atoms with E-state index in [1.807, 2.05) is 0 Å². The molecule has 0 aliphatic heterocycles. The van der Waals surface area contributed by atoms with E-state index in [2.05, 4.69) is 46.0 Å². The van der Waals surface area contributed by atoms with Gasteiger partial charge in [0.1, 0.15) is 0 Å². The van der Waals surface area contributed by atoms with E-state index >= 15 is 0 Å².